The molecule has 0 bridgehead atoms. The number of hydrogen-bond acceptors (Lipinski definition) is 4. The Bertz CT molecular complexity index is 348. The highest BCUT2D eigenvalue weighted by Crippen LogP contribution is 2.03. The van der Waals surface area contributed by atoms with Gasteiger partial charge in [-0.1, -0.05) is 20.8 Å². The average molecular weight is 284 g/mol. The van der Waals surface area contributed by atoms with E-state index < -0.39 is 11.8 Å². The van der Waals surface area contributed by atoms with E-state index >= 15 is 0 Å². The molecule has 20 heavy (non-hydrogen) atoms. The Morgan fingerprint density at radius 1 is 1.15 bits per heavy atom. The minimum absolute atomic E-state index is 0. The summed E-state index contributed by atoms with van der Waals surface area (Å²) in [6.45, 7) is 3.54. The highest BCUT2D eigenvalue weighted by atomic mass is 16.5. The molecule has 1 heterocycles. The number of carbonyl (C=O) groups is 3. The first-order valence-electron chi connectivity index (χ1n) is 6.58. The second-order valence-corrected chi connectivity index (χ2v) is 4.30. The molecular weight excluding hydrogens is 260 g/mol. The highest BCUT2D eigenvalue weighted by molar-refractivity contribution is 6.13. The predicted molar refractivity (Wildman–Crippen MR) is 75.4 cm³/mol. The number of nitrogens with zero attached hydrogens (tertiary/aromatic N) is 1. The average Bonchev–Trinajstić information content (AvgIpc) is 2.69. The van der Waals surface area contributed by atoms with Gasteiger partial charge in [-0.25, -0.2) is 0 Å². The summed E-state index contributed by atoms with van der Waals surface area (Å²) in [4.78, 5) is 33.9. The smallest absolute Gasteiger partial charge is 0.272 e. The highest BCUT2D eigenvalue weighted by Gasteiger charge is 2.24. The first kappa shape index (κ1) is 18.3. The van der Waals surface area contributed by atoms with E-state index in [4.69, 9.17) is 4.74 Å². The fourth-order valence-corrected chi connectivity index (χ4v) is 1.60. The number of nitrogens with one attached hydrogen (secondary N) is 1. The van der Waals surface area contributed by atoms with Crippen molar-refractivity contribution in [2.24, 2.45) is 0 Å². The fourth-order valence-electron chi connectivity index (χ4n) is 1.60. The number of imide groups is 1. The molecule has 6 nitrogen and oxygen atoms in total. The summed E-state index contributed by atoms with van der Waals surface area (Å²) >= 11 is 0. The lowest BCUT2D eigenvalue weighted by atomic mass is 10.2. The maximum absolute atomic E-state index is 11.5. The van der Waals surface area contributed by atoms with Crippen molar-refractivity contribution >= 4 is 17.7 Å². The molecule has 114 valence electrons. The van der Waals surface area contributed by atoms with Crippen LogP contribution < -0.4 is 5.43 Å². The molecule has 6 heteroatoms. The van der Waals surface area contributed by atoms with Crippen LogP contribution in [0.5, 0.6) is 0 Å². The topological polar surface area (TPSA) is 75.7 Å². The fraction of sp³-hybridized carbons (Fsp3) is 0.643. The summed E-state index contributed by atoms with van der Waals surface area (Å²) in [5.41, 5.74) is 2.29. The Hall–Kier alpha value is -1.69. The van der Waals surface area contributed by atoms with Gasteiger partial charge < -0.3 is 4.74 Å². The van der Waals surface area contributed by atoms with Crippen molar-refractivity contribution in [3.8, 4) is 0 Å². The number of hydrazine groups is 1. The molecule has 0 saturated carbocycles. The minimum Gasteiger partial charge on any atom is -0.381 e. The predicted octanol–water partition coefficient (Wildman–Crippen LogP) is 1.57. The van der Waals surface area contributed by atoms with Gasteiger partial charge in [0.05, 0.1) is 0 Å². The van der Waals surface area contributed by atoms with Gasteiger partial charge in [-0.2, -0.15) is 5.01 Å². The maximum atomic E-state index is 11.5. The molecule has 0 spiro atoms. The van der Waals surface area contributed by atoms with Crippen molar-refractivity contribution in [1.82, 2.24) is 10.4 Å². The first-order valence-corrected chi connectivity index (χ1v) is 6.58. The molecule has 0 aromatic rings. The number of amides is 3. The van der Waals surface area contributed by atoms with Crippen molar-refractivity contribution in [1.29, 1.82) is 0 Å². The van der Waals surface area contributed by atoms with E-state index in [0.717, 1.165) is 43.0 Å². The van der Waals surface area contributed by atoms with Crippen molar-refractivity contribution < 1.29 is 19.1 Å². The van der Waals surface area contributed by atoms with Crippen LogP contribution in [0.4, 0.5) is 0 Å². The van der Waals surface area contributed by atoms with E-state index in [9.17, 15) is 14.4 Å². The van der Waals surface area contributed by atoms with Crippen LogP contribution >= 0.6 is 0 Å². The first-order chi connectivity index (χ1) is 9.15. The van der Waals surface area contributed by atoms with Gasteiger partial charge in [-0.3, -0.25) is 19.8 Å². The molecule has 0 radical (unpaired) electrons. The number of hydrogen-bond donors (Lipinski definition) is 1. The van der Waals surface area contributed by atoms with E-state index in [-0.39, 0.29) is 13.3 Å². The summed E-state index contributed by atoms with van der Waals surface area (Å²) < 4.78 is 5.32. The molecule has 1 rings (SSSR count). The van der Waals surface area contributed by atoms with Crippen molar-refractivity contribution in [2.45, 2.75) is 46.5 Å². The molecule has 0 saturated heterocycles. The van der Waals surface area contributed by atoms with Crippen molar-refractivity contribution in [3.05, 3.63) is 12.2 Å². The monoisotopic (exact) mass is 284 g/mol. The van der Waals surface area contributed by atoms with Crippen LogP contribution in [0.3, 0.4) is 0 Å². The molecule has 0 fully saturated rings. The Labute approximate surface area is 120 Å². The third-order valence-corrected chi connectivity index (χ3v) is 2.59. The van der Waals surface area contributed by atoms with E-state index in [1.807, 2.05) is 0 Å². The lowest BCUT2D eigenvalue weighted by molar-refractivity contribution is -0.146. The van der Waals surface area contributed by atoms with E-state index in [1.54, 1.807) is 0 Å². The standard InChI is InChI=1S/C13H20N2O4.CH4/c1-2-9-19-10-5-3-4-6-11(16)14-15-12(17)7-8-13(15)18;/h7-8H,2-6,9-10H2,1H3,(H,14,16);1H4. The van der Waals surface area contributed by atoms with Gasteiger partial charge in [0.15, 0.2) is 0 Å². The zero-order chi connectivity index (χ0) is 14.1. The largest absolute Gasteiger partial charge is 0.381 e. The Balaban J connectivity index is 0.00000361. The van der Waals surface area contributed by atoms with Crippen LogP contribution in [0, 0.1) is 0 Å². The van der Waals surface area contributed by atoms with Gasteiger partial charge in [0, 0.05) is 31.8 Å². The summed E-state index contributed by atoms with van der Waals surface area (Å²) in [7, 11) is 0. The van der Waals surface area contributed by atoms with Crippen LogP contribution in [0.25, 0.3) is 0 Å². The van der Waals surface area contributed by atoms with Crippen LogP contribution in [-0.4, -0.2) is 35.9 Å². The van der Waals surface area contributed by atoms with Crippen molar-refractivity contribution in [3.63, 3.8) is 0 Å². The molecule has 0 unspecified atom stereocenters. The number of carbonyl (C=O) groups excluding carboxylic acids is 3. The third-order valence-electron chi connectivity index (χ3n) is 2.59. The van der Waals surface area contributed by atoms with Gasteiger partial charge in [0.1, 0.15) is 0 Å². The lowest BCUT2D eigenvalue weighted by Crippen LogP contribution is -2.45. The SMILES string of the molecule is C.CCCOCCCCCC(=O)NN1C(=O)C=CC1=O. The summed E-state index contributed by atoms with van der Waals surface area (Å²) in [5.74, 6) is -1.34. The van der Waals surface area contributed by atoms with Crippen LogP contribution in [0.1, 0.15) is 46.5 Å². The molecular formula is C14H24N2O4. The lowest BCUT2D eigenvalue weighted by Gasteiger charge is -2.14. The second kappa shape index (κ2) is 10.1. The van der Waals surface area contributed by atoms with Gasteiger partial charge in [-0.05, 0) is 19.3 Å². The summed E-state index contributed by atoms with van der Waals surface area (Å²) in [6, 6.07) is 0. The van der Waals surface area contributed by atoms with Crippen LogP contribution in [0.2, 0.25) is 0 Å². The number of unbranched alkanes of at least 4 members (excludes halogenated alkanes) is 2. The maximum Gasteiger partial charge on any atom is 0.272 e. The molecule has 0 aromatic heterocycles. The molecule has 1 aliphatic heterocycles. The van der Waals surface area contributed by atoms with Gasteiger partial charge >= 0.3 is 0 Å². The second-order valence-electron chi connectivity index (χ2n) is 4.30. The van der Waals surface area contributed by atoms with Gasteiger partial charge in [-0.15, -0.1) is 0 Å². The van der Waals surface area contributed by atoms with E-state index in [0.29, 0.717) is 19.4 Å². The normalized spacial score (nSPS) is 13.6. The molecule has 0 aromatic carbocycles. The number of ether oxygens (including phenoxy) is 1. The summed E-state index contributed by atoms with van der Waals surface area (Å²) in [5, 5.41) is 0.729. The molecule has 0 atom stereocenters. The van der Waals surface area contributed by atoms with E-state index in [1.165, 1.54) is 0 Å². The molecule has 3 amide bonds. The minimum atomic E-state index is -0.508. The zero-order valence-electron chi connectivity index (χ0n) is 11.2. The van der Waals surface area contributed by atoms with Crippen LogP contribution in [-0.2, 0) is 19.1 Å². The Morgan fingerprint density at radius 3 is 2.40 bits per heavy atom. The Morgan fingerprint density at radius 2 is 1.80 bits per heavy atom. The van der Waals surface area contributed by atoms with Gasteiger partial charge in [0.25, 0.3) is 11.8 Å². The van der Waals surface area contributed by atoms with Crippen LogP contribution in [0.15, 0.2) is 12.2 Å². The molecule has 1 aliphatic rings. The Kier molecular flexibility index (Phi) is 9.28. The third kappa shape index (κ3) is 6.47. The molecule has 0 aliphatic carbocycles. The van der Waals surface area contributed by atoms with Gasteiger partial charge in [0.2, 0.25) is 5.91 Å². The van der Waals surface area contributed by atoms with Crippen molar-refractivity contribution in [2.75, 3.05) is 13.2 Å². The quantitative estimate of drug-likeness (QED) is 0.515. The van der Waals surface area contributed by atoms with E-state index in [2.05, 4.69) is 12.3 Å². The number of rotatable bonds is 9. The molecule has 1 N–H and O–H groups in total. The zero-order valence-corrected chi connectivity index (χ0v) is 11.2. The summed E-state index contributed by atoms with van der Waals surface area (Å²) in [6.07, 6.45) is 6.08.